The van der Waals surface area contributed by atoms with E-state index >= 15 is 0 Å². The first kappa shape index (κ1) is 13.9. The van der Waals surface area contributed by atoms with E-state index in [4.69, 9.17) is 22.9 Å². The smallest absolute Gasteiger partial charge is 0.211 e. The summed E-state index contributed by atoms with van der Waals surface area (Å²) in [6, 6.07) is 0. The van der Waals surface area contributed by atoms with Crippen molar-refractivity contribution in [1.82, 2.24) is 0 Å². The first-order chi connectivity index (χ1) is 7.41. The Kier molecular flexibility index (Phi) is 6.25. The molecule has 0 bridgehead atoms. The molecule has 0 rings (SSSR count). The van der Waals surface area contributed by atoms with Crippen LogP contribution in [0.3, 0.4) is 0 Å². The van der Waals surface area contributed by atoms with Crippen LogP contribution in [0.2, 0.25) is 0 Å². The van der Waals surface area contributed by atoms with Crippen molar-refractivity contribution in [3.8, 4) is 0 Å². The molecule has 90 valence electrons. The van der Waals surface area contributed by atoms with Crippen LogP contribution >= 0.6 is 0 Å². The topological polar surface area (TPSA) is 154 Å². The van der Waals surface area contributed by atoms with Crippen LogP contribution in [0.4, 0.5) is 0 Å². The number of rotatable bonds is 5. The van der Waals surface area contributed by atoms with Gasteiger partial charge in [-0.15, -0.1) is 10.2 Å². The second-order valence-corrected chi connectivity index (χ2v) is 3.22. The SMILES string of the molecule is C/C(CC/C(C)=N/N=C(N)N)=N\N=C(N)N. The Morgan fingerprint density at radius 1 is 0.688 bits per heavy atom. The molecule has 0 saturated carbocycles. The largest absolute Gasteiger partial charge is 0.369 e. The molecule has 0 aromatic rings. The molecule has 0 aromatic heterocycles. The second-order valence-electron chi connectivity index (χ2n) is 3.22. The van der Waals surface area contributed by atoms with Crippen molar-refractivity contribution < 1.29 is 0 Å². The molecule has 0 aliphatic carbocycles. The summed E-state index contributed by atoms with van der Waals surface area (Å²) in [5.74, 6) is -0.129. The molecule has 8 N–H and O–H groups in total. The summed E-state index contributed by atoms with van der Waals surface area (Å²) in [5, 5.41) is 14.7. The highest BCUT2D eigenvalue weighted by molar-refractivity contribution is 5.90. The molecule has 0 spiro atoms. The molecule has 16 heavy (non-hydrogen) atoms. The standard InChI is InChI=1S/C8H18N8/c1-5(13-15-7(9)10)3-4-6(2)14-16-8(11)12/h3-4H2,1-2H3,(H4,9,10,15)(H4,11,12,16)/b13-5+,14-6+. The zero-order valence-corrected chi connectivity index (χ0v) is 9.51. The van der Waals surface area contributed by atoms with E-state index < -0.39 is 0 Å². The van der Waals surface area contributed by atoms with Crippen molar-refractivity contribution in [3.05, 3.63) is 0 Å². The van der Waals surface area contributed by atoms with E-state index in [1.54, 1.807) is 0 Å². The normalized spacial score (nSPS) is 12.1. The Morgan fingerprint density at radius 2 is 1.00 bits per heavy atom. The fourth-order valence-electron chi connectivity index (χ4n) is 0.748. The Balaban J connectivity index is 4.16. The van der Waals surface area contributed by atoms with Gasteiger partial charge in [-0.1, -0.05) is 0 Å². The Hall–Kier alpha value is -2.12. The molecule has 0 radical (unpaired) electrons. The van der Waals surface area contributed by atoms with Crippen molar-refractivity contribution in [3.63, 3.8) is 0 Å². The number of hydrogen-bond donors (Lipinski definition) is 4. The fraction of sp³-hybridized carbons (Fsp3) is 0.500. The minimum Gasteiger partial charge on any atom is -0.369 e. The third-order valence-corrected chi connectivity index (χ3v) is 1.52. The summed E-state index contributed by atoms with van der Waals surface area (Å²) in [4.78, 5) is 0. The van der Waals surface area contributed by atoms with E-state index in [-0.39, 0.29) is 11.9 Å². The summed E-state index contributed by atoms with van der Waals surface area (Å²) in [6.45, 7) is 3.64. The zero-order chi connectivity index (χ0) is 12.6. The van der Waals surface area contributed by atoms with Crippen LogP contribution in [-0.4, -0.2) is 23.3 Å². The molecule has 8 heteroatoms. The monoisotopic (exact) mass is 226 g/mol. The van der Waals surface area contributed by atoms with E-state index in [2.05, 4.69) is 20.4 Å². The Morgan fingerprint density at radius 3 is 1.25 bits per heavy atom. The van der Waals surface area contributed by atoms with Gasteiger partial charge >= 0.3 is 0 Å². The lowest BCUT2D eigenvalue weighted by Gasteiger charge is -1.97. The average Bonchev–Trinajstić information content (AvgIpc) is 2.20. The molecule has 0 amide bonds. The first-order valence-electron chi connectivity index (χ1n) is 4.66. The van der Waals surface area contributed by atoms with Crippen LogP contribution in [0.15, 0.2) is 20.4 Å². The third kappa shape index (κ3) is 8.48. The van der Waals surface area contributed by atoms with Gasteiger partial charge in [-0.25, -0.2) is 0 Å². The van der Waals surface area contributed by atoms with Gasteiger partial charge in [0.05, 0.1) is 0 Å². The average molecular weight is 226 g/mol. The van der Waals surface area contributed by atoms with Crippen molar-refractivity contribution in [2.75, 3.05) is 0 Å². The van der Waals surface area contributed by atoms with Gasteiger partial charge in [0.25, 0.3) is 0 Å². The molecular weight excluding hydrogens is 208 g/mol. The van der Waals surface area contributed by atoms with Crippen molar-refractivity contribution in [2.24, 2.45) is 43.3 Å². The minimum atomic E-state index is -0.0646. The predicted molar refractivity (Wildman–Crippen MR) is 67.1 cm³/mol. The molecule has 0 atom stereocenters. The van der Waals surface area contributed by atoms with Gasteiger partial charge in [0.15, 0.2) is 0 Å². The lowest BCUT2D eigenvalue weighted by atomic mass is 10.2. The van der Waals surface area contributed by atoms with Gasteiger partial charge < -0.3 is 22.9 Å². The van der Waals surface area contributed by atoms with E-state index in [0.717, 1.165) is 11.4 Å². The molecule has 0 aliphatic heterocycles. The van der Waals surface area contributed by atoms with E-state index in [1.807, 2.05) is 13.8 Å². The van der Waals surface area contributed by atoms with Crippen LogP contribution in [0.5, 0.6) is 0 Å². The maximum Gasteiger partial charge on any atom is 0.211 e. The maximum atomic E-state index is 5.13. The third-order valence-electron chi connectivity index (χ3n) is 1.52. The number of nitrogens with two attached hydrogens (primary N) is 4. The molecule has 0 heterocycles. The Bertz CT molecular complexity index is 296. The van der Waals surface area contributed by atoms with Crippen LogP contribution in [-0.2, 0) is 0 Å². The summed E-state index contributed by atoms with van der Waals surface area (Å²) in [7, 11) is 0. The summed E-state index contributed by atoms with van der Waals surface area (Å²) < 4.78 is 0. The second kappa shape index (κ2) is 7.21. The summed E-state index contributed by atoms with van der Waals surface area (Å²) in [6.07, 6.45) is 1.37. The highest BCUT2D eigenvalue weighted by Crippen LogP contribution is 1.97. The van der Waals surface area contributed by atoms with Crippen molar-refractivity contribution >= 4 is 23.3 Å². The lowest BCUT2D eigenvalue weighted by Crippen LogP contribution is -2.22. The lowest BCUT2D eigenvalue weighted by molar-refractivity contribution is 1.06. The number of hydrogen-bond acceptors (Lipinski definition) is 4. The zero-order valence-electron chi connectivity index (χ0n) is 9.51. The number of guanidine groups is 2. The number of nitrogens with zero attached hydrogens (tertiary/aromatic N) is 4. The fourth-order valence-corrected chi connectivity index (χ4v) is 0.748. The van der Waals surface area contributed by atoms with Crippen LogP contribution < -0.4 is 22.9 Å². The van der Waals surface area contributed by atoms with Gasteiger partial charge in [-0.3, -0.25) is 0 Å². The quantitative estimate of drug-likeness (QED) is 0.271. The van der Waals surface area contributed by atoms with Crippen LogP contribution in [0, 0.1) is 0 Å². The van der Waals surface area contributed by atoms with Gasteiger partial charge in [0.1, 0.15) is 0 Å². The van der Waals surface area contributed by atoms with Gasteiger partial charge in [-0.2, -0.15) is 10.2 Å². The molecule has 0 saturated heterocycles. The van der Waals surface area contributed by atoms with Crippen molar-refractivity contribution in [1.29, 1.82) is 0 Å². The highest BCUT2D eigenvalue weighted by Gasteiger charge is 1.95. The highest BCUT2D eigenvalue weighted by atomic mass is 15.3. The molecule has 0 unspecified atom stereocenters. The van der Waals surface area contributed by atoms with Gasteiger partial charge in [-0.05, 0) is 26.7 Å². The van der Waals surface area contributed by atoms with E-state index in [0.29, 0.717) is 12.8 Å². The van der Waals surface area contributed by atoms with Gasteiger partial charge in [0, 0.05) is 11.4 Å². The molecule has 8 nitrogen and oxygen atoms in total. The van der Waals surface area contributed by atoms with Gasteiger partial charge in [0.2, 0.25) is 11.9 Å². The summed E-state index contributed by atoms with van der Waals surface area (Å²) in [5.41, 5.74) is 22.1. The van der Waals surface area contributed by atoms with Crippen LogP contribution in [0.25, 0.3) is 0 Å². The predicted octanol–water partition coefficient (Wildman–Crippen LogP) is -0.935. The molecule has 0 aromatic carbocycles. The van der Waals surface area contributed by atoms with E-state index in [9.17, 15) is 0 Å². The van der Waals surface area contributed by atoms with E-state index in [1.165, 1.54) is 0 Å². The van der Waals surface area contributed by atoms with Crippen LogP contribution in [0.1, 0.15) is 26.7 Å². The van der Waals surface area contributed by atoms with Crippen molar-refractivity contribution in [2.45, 2.75) is 26.7 Å². The molecular formula is C8H18N8. The first-order valence-corrected chi connectivity index (χ1v) is 4.66. The molecule has 0 fully saturated rings. The Labute approximate surface area is 94.2 Å². The maximum absolute atomic E-state index is 5.13. The minimum absolute atomic E-state index is 0.0646. The molecule has 0 aliphatic rings. The summed E-state index contributed by atoms with van der Waals surface area (Å²) >= 11 is 0.